The molecule has 0 spiro atoms. The maximum absolute atomic E-state index is 13.0. The summed E-state index contributed by atoms with van der Waals surface area (Å²) in [4.78, 5) is 33.9. The first kappa shape index (κ1) is 23.5. The van der Waals surface area contributed by atoms with Crippen LogP contribution in [0.15, 0.2) is 54.9 Å². The Morgan fingerprint density at radius 1 is 1.03 bits per heavy atom. The van der Waals surface area contributed by atoms with Crippen molar-refractivity contribution in [3.63, 3.8) is 0 Å². The summed E-state index contributed by atoms with van der Waals surface area (Å²) in [6, 6.07) is 13.5. The maximum atomic E-state index is 13.0. The molecule has 1 aromatic carbocycles. The Hall–Kier alpha value is -4.22. The van der Waals surface area contributed by atoms with E-state index in [1.165, 1.54) is 0 Å². The van der Waals surface area contributed by atoms with Crippen LogP contribution in [0, 0.1) is 12.3 Å². The van der Waals surface area contributed by atoms with E-state index in [2.05, 4.69) is 43.1 Å². The number of carbonyl (C=O) groups excluding carboxylic acids is 1. The zero-order valence-electron chi connectivity index (χ0n) is 20.7. The molecule has 8 heteroatoms. The quantitative estimate of drug-likeness (QED) is 0.420. The number of rotatable bonds is 5. The first-order valence-electron chi connectivity index (χ1n) is 12.0. The van der Waals surface area contributed by atoms with Crippen molar-refractivity contribution in [3.05, 3.63) is 66.1 Å². The molecular weight excluding hydrogens is 450 g/mol. The molecule has 182 valence electrons. The molecule has 0 atom stereocenters. The summed E-state index contributed by atoms with van der Waals surface area (Å²) in [7, 11) is 2.08. The van der Waals surface area contributed by atoms with Crippen molar-refractivity contribution in [1.29, 1.82) is 0 Å². The van der Waals surface area contributed by atoms with E-state index < -0.39 is 5.41 Å². The normalized spacial score (nSPS) is 14.6. The van der Waals surface area contributed by atoms with Crippen molar-refractivity contribution in [2.24, 2.45) is 0 Å². The molecule has 1 aliphatic heterocycles. The molecule has 5 rings (SSSR count). The number of nitrogens with zero attached hydrogens (tertiary/aromatic N) is 5. The summed E-state index contributed by atoms with van der Waals surface area (Å²) in [5.74, 6) is 3.32. The molecule has 1 fully saturated rings. The predicted octanol–water partition coefficient (Wildman–Crippen LogP) is 4.06. The highest BCUT2D eigenvalue weighted by Gasteiger charge is 2.22. The third-order valence-electron chi connectivity index (χ3n) is 6.66. The molecule has 2 N–H and O–H groups in total. The van der Waals surface area contributed by atoms with Gasteiger partial charge in [0.25, 0.3) is 5.91 Å². The van der Waals surface area contributed by atoms with Gasteiger partial charge in [-0.05, 0) is 68.9 Å². The van der Waals surface area contributed by atoms with E-state index in [1.807, 2.05) is 61.2 Å². The highest BCUT2D eigenvalue weighted by Crippen LogP contribution is 2.27. The van der Waals surface area contributed by atoms with E-state index in [4.69, 9.17) is 6.42 Å². The predicted molar refractivity (Wildman–Crippen MR) is 142 cm³/mol. The molecule has 1 saturated heterocycles. The van der Waals surface area contributed by atoms with Crippen LogP contribution in [0.4, 0.5) is 11.6 Å². The van der Waals surface area contributed by atoms with E-state index in [9.17, 15) is 4.79 Å². The Labute approximate surface area is 210 Å². The number of aromatic nitrogens is 4. The standard InChI is InChI=1S/C28H29N7O/c1-5-28(2,3)20-8-10-29-24(18-20)23-9-11-30-27(33-23)31-21-6-7-22-19(16-21)17-25(32-22)26(36)35-14-12-34(4)13-15-35/h1,6-11,16-18,32H,12-15H2,2-4H3,(H,30,31,33). The lowest BCUT2D eigenvalue weighted by Crippen LogP contribution is -2.47. The van der Waals surface area contributed by atoms with E-state index in [-0.39, 0.29) is 5.91 Å². The number of fused-ring (bicyclic) bond motifs is 1. The maximum Gasteiger partial charge on any atom is 0.270 e. The highest BCUT2D eigenvalue weighted by molar-refractivity contribution is 5.98. The SMILES string of the molecule is C#CC(C)(C)c1ccnc(-c2ccnc(Nc3ccc4[nH]c(C(=O)N5CCN(C)CC5)cc4c3)n2)c1. The number of benzene rings is 1. The molecule has 1 amide bonds. The fourth-order valence-electron chi connectivity index (χ4n) is 4.24. The van der Waals surface area contributed by atoms with Crippen molar-refractivity contribution in [2.45, 2.75) is 19.3 Å². The van der Waals surface area contributed by atoms with Gasteiger partial charge in [0.1, 0.15) is 5.69 Å². The van der Waals surface area contributed by atoms with Gasteiger partial charge in [0, 0.05) is 55.2 Å². The first-order chi connectivity index (χ1) is 17.3. The van der Waals surface area contributed by atoms with Gasteiger partial charge in [-0.25, -0.2) is 9.97 Å². The molecule has 4 heterocycles. The zero-order chi connectivity index (χ0) is 25.3. The average molecular weight is 480 g/mol. The lowest BCUT2D eigenvalue weighted by molar-refractivity contribution is 0.0659. The fourth-order valence-corrected chi connectivity index (χ4v) is 4.24. The third-order valence-corrected chi connectivity index (χ3v) is 6.66. The van der Waals surface area contributed by atoms with Crippen LogP contribution < -0.4 is 5.32 Å². The number of nitrogens with one attached hydrogen (secondary N) is 2. The van der Waals surface area contributed by atoms with Crippen LogP contribution in [-0.4, -0.2) is 68.9 Å². The summed E-state index contributed by atoms with van der Waals surface area (Å²) >= 11 is 0. The molecule has 0 unspecified atom stereocenters. The molecule has 0 aliphatic carbocycles. The summed E-state index contributed by atoms with van der Waals surface area (Å²) in [6.45, 7) is 7.26. The molecule has 0 bridgehead atoms. The topological polar surface area (TPSA) is 90.0 Å². The van der Waals surface area contributed by atoms with Gasteiger partial charge in [0.15, 0.2) is 0 Å². The number of H-pyrrole nitrogens is 1. The lowest BCUT2D eigenvalue weighted by atomic mass is 9.86. The van der Waals surface area contributed by atoms with E-state index in [0.29, 0.717) is 17.3 Å². The van der Waals surface area contributed by atoms with Crippen LogP contribution >= 0.6 is 0 Å². The molecule has 3 aromatic heterocycles. The number of carbonyl (C=O) groups is 1. The average Bonchev–Trinajstić information content (AvgIpc) is 3.32. The first-order valence-corrected chi connectivity index (χ1v) is 12.0. The van der Waals surface area contributed by atoms with Crippen molar-refractivity contribution in [1.82, 2.24) is 29.7 Å². The minimum Gasteiger partial charge on any atom is -0.351 e. The summed E-state index contributed by atoms with van der Waals surface area (Å²) < 4.78 is 0. The van der Waals surface area contributed by atoms with Crippen LogP contribution in [0.2, 0.25) is 0 Å². The number of amides is 1. The highest BCUT2D eigenvalue weighted by atomic mass is 16.2. The van der Waals surface area contributed by atoms with Gasteiger partial charge in [0.2, 0.25) is 5.95 Å². The number of anilines is 2. The zero-order valence-corrected chi connectivity index (χ0v) is 20.7. The molecule has 4 aromatic rings. The number of hydrogen-bond donors (Lipinski definition) is 2. The number of terminal acetylenes is 1. The van der Waals surface area contributed by atoms with E-state index >= 15 is 0 Å². The van der Waals surface area contributed by atoms with Gasteiger partial charge in [-0.3, -0.25) is 9.78 Å². The number of likely N-dealkylation sites (N-methyl/N-ethyl adjacent to an activating group) is 1. The second-order valence-corrected chi connectivity index (χ2v) is 9.67. The van der Waals surface area contributed by atoms with Crippen LogP contribution in [0.25, 0.3) is 22.3 Å². The summed E-state index contributed by atoms with van der Waals surface area (Å²) in [6.07, 6.45) is 9.16. The number of piperazine rings is 1. The Balaban J connectivity index is 1.35. The fraction of sp³-hybridized carbons (Fsp3) is 0.286. The van der Waals surface area contributed by atoms with E-state index in [0.717, 1.165) is 54.0 Å². The largest absolute Gasteiger partial charge is 0.351 e. The summed E-state index contributed by atoms with van der Waals surface area (Å²) in [5, 5.41) is 4.22. The van der Waals surface area contributed by atoms with Crippen LogP contribution in [0.5, 0.6) is 0 Å². The van der Waals surface area contributed by atoms with Gasteiger partial charge < -0.3 is 20.1 Å². The van der Waals surface area contributed by atoms with Crippen LogP contribution in [0.3, 0.4) is 0 Å². The van der Waals surface area contributed by atoms with Crippen LogP contribution in [-0.2, 0) is 5.41 Å². The lowest BCUT2D eigenvalue weighted by Gasteiger charge is -2.32. The van der Waals surface area contributed by atoms with Gasteiger partial charge in [-0.15, -0.1) is 6.42 Å². The number of hydrogen-bond acceptors (Lipinski definition) is 6. The van der Waals surface area contributed by atoms with Gasteiger partial charge in [-0.2, -0.15) is 0 Å². The number of pyridine rings is 1. The Morgan fingerprint density at radius 2 is 1.81 bits per heavy atom. The Bertz CT molecular complexity index is 1460. The molecule has 1 aliphatic rings. The van der Waals surface area contributed by atoms with Crippen LogP contribution in [0.1, 0.15) is 29.9 Å². The van der Waals surface area contributed by atoms with Gasteiger partial charge >= 0.3 is 0 Å². The van der Waals surface area contributed by atoms with Crippen molar-refractivity contribution < 1.29 is 4.79 Å². The van der Waals surface area contributed by atoms with Gasteiger partial charge in [0.05, 0.1) is 16.8 Å². The molecule has 8 nitrogen and oxygen atoms in total. The summed E-state index contributed by atoms with van der Waals surface area (Å²) in [5.41, 5.74) is 4.37. The Kier molecular flexibility index (Phi) is 6.17. The van der Waals surface area contributed by atoms with Gasteiger partial charge in [-0.1, -0.05) is 5.92 Å². The minimum atomic E-state index is -0.400. The van der Waals surface area contributed by atoms with E-state index in [1.54, 1.807) is 12.4 Å². The third kappa shape index (κ3) is 4.79. The monoisotopic (exact) mass is 479 g/mol. The minimum absolute atomic E-state index is 0.0348. The van der Waals surface area contributed by atoms with Crippen molar-refractivity contribution >= 4 is 28.4 Å². The van der Waals surface area contributed by atoms with Crippen molar-refractivity contribution in [3.8, 4) is 23.7 Å². The second-order valence-electron chi connectivity index (χ2n) is 9.67. The molecular formula is C28H29N7O. The molecule has 36 heavy (non-hydrogen) atoms. The smallest absolute Gasteiger partial charge is 0.270 e. The Morgan fingerprint density at radius 3 is 2.58 bits per heavy atom. The van der Waals surface area contributed by atoms with Crippen molar-refractivity contribution in [2.75, 3.05) is 38.5 Å². The second kappa shape index (κ2) is 9.44. The number of aromatic amines is 1. The molecule has 0 radical (unpaired) electrons. The molecule has 0 saturated carbocycles.